The largest absolute Gasteiger partial charge is 0.488 e. The normalized spacial score (nSPS) is 28.8. The van der Waals surface area contributed by atoms with Crippen LogP contribution in [0.5, 0.6) is 5.75 Å². The van der Waals surface area contributed by atoms with Crippen LogP contribution in [0.25, 0.3) is 11.2 Å². The van der Waals surface area contributed by atoms with Gasteiger partial charge in [0, 0.05) is 6.54 Å². The lowest BCUT2D eigenvalue weighted by Gasteiger charge is -2.23. The minimum atomic E-state index is -1.37. The molecule has 1 aliphatic carbocycles. The third kappa shape index (κ3) is 4.17. The van der Waals surface area contributed by atoms with E-state index in [9.17, 15) is 15.0 Å². The van der Waals surface area contributed by atoms with E-state index in [1.54, 1.807) is 6.92 Å². The first kappa shape index (κ1) is 22.5. The highest BCUT2D eigenvalue weighted by molar-refractivity contribution is 5.83. The first-order valence-electron chi connectivity index (χ1n) is 11.5. The van der Waals surface area contributed by atoms with Gasteiger partial charge in [0.25, 0.3) is 5.91 Å². The summed E-state index contributed by atoms with van der Waals surface area (Å²) in [7, 11) is 0. The molecule has 0 bridgehead atoms. The third-order valence-electron chi connectivity index (χ3n) is 6.29. The number of rotatable bonds is 7. The molecule has 3 heterocycles. The number of likely N-dealkylation sites (N-methyl/N-ethyl adjacent to an activating group) is 1. The Morgan fingerprint density at radius 3 is 2.79 bits per heavy atom. The van der Waals surface area contributed by atoms with Crippen LogP contribution in [-0.4, -0.2) is 72.6 Å². The number of amides is 1. The van der Waals surface area contributed by atoms with E-state index < -0.39 is 30.4 Å². The summed E-state index contributed by atoms with van der Waals surface area (Å²) in [6.45, 7) is 2.15. The van der Waals surface area contributed by atoms with Crippen LogP contribution in [0.4, 0.5) is 5.82 Å². The lowest BCUT2D eigenvalue weighted by molar-refractivity contribution is -0.137. The van der Waals surface area contributed by atoms with Crippen molar-refractivity contribution in [1.82, 2.24) is 24.8 Å². The van der Waals surface area contributed by atoms with Crippen molar-refractivity contribution in [2.75, 3.05) is 11.9 Å². The number of carbonyl (C=O) groups is 1. The van der Waals surface area contributed by atoms with Gasteiger partial charge in [0.1, 0.15) is 30.4 Å². The number of aromatic nitrogens is 4. The fourth-order valence-electron chi connectivity index (χ4n) is 4.61. The molecule has 0 unspecified atom stereocenters. The van der Waals surface area contributed by atoms with Gasteiger partial charge in [-0.25, -0.2) is 15.0 Å². The van der Waals surface area contributed by atoms with Crippen molar-refractivity contribution in [1.29, 1.82) is 0 Å². The predicted molar refractivity (Wildman–Crippen MR) is 122 cm³/mol. The van der Waals surface area contributed by atoms with E-state index in [2.05, 4.69) is 25.6 Å². The number of fused-ring (bicyclic) bond motifs is 1. The van der Waals surface area contributed by atoms with Gasteiger partial charge in [-0.05, 0) is 38.3 Å². The maximum Gasteiger partial charge on any atom is 0.252 e. The minimum Gasteiger partial charge on any atom is -0.488 e. The highest BCUT2D eigenvalue weighted by Crippen LogP contribution is 2.33. The number of ether oxygens (including phenoxy) is 2. The van der Waals surface area contributed by atoms with Gasteiger partial charge in [-0.3, -0.25) is 9.36 Å². The lowest BCUT2D eigenvalue weighted by Crippen LogP contribution is -2.42. The van der Waals surface area contributed by atoms with E-state index in [0.717, 1.165) is 25.0 Å². The van der Waals surface area contributed by atoms with Crippen molar-refractivity contribution >= 4 is 22.9 Å². The molecule has 2 fully saturated rings. The molecule has 1 saturated heterocycles. The van der Waals surface area contributed by atoms with Crippen LogP contribution in [0.1, 0.15) is 32.4 Å². The molecule has 5 rings (SSSR count). The quantitative estimate of drug-likeness (QED) is 0.399. The predicted octanol–water partition coefficient (Wildman–Crippen LogP) is 0.994. The number of nitrogens with one attached hydrogen (secondary N) is 2. The highest BCUT2D eigenvalue weighted by atomic mass is 16.6. The van der Waals surface area contributed by atoms with Crippen molar-refractivity contribution < 1.29 is 24.5 Å². The average Bonchev–Trinajstić information content (AvgIpc) is 3.54. The van der Waals surface area contributed by atoms with Gasteiger partial charge in [-0.1, -0.05) is 18.2 Å². The van der Waals surface area contributed by atoms with Crippen molar-refractivity contribution in [2.24, 2.45) is 0 Å². The van der Waals surface area contributed by atoms with E-state index in [1.807, 2.05) is 30.3 Å². The fourth-order valence-corrected chi connectivity index (χ4v) is 4.61. The number of benzene rings is 1. The molecular weight excluding hydrogens is 440 g/mol. The van der Waals surface area contributed by atoms with Gasteiger partial charge in [-0.15, -0.1) is 0 Å². The first-order chi connectivity index (χ1) is 16.6. The Kier molecular flexibility index (Phi) is 6.31. The number of hydrogen-bond donors (Lipinski definition) is 4. The maximum atomic E-state index is 12.2. The van der Waals surface area contributed by atoms with Crippen LogP contribution in [0.3, 0.4) is 0 Å². The SMILES string of the molecule is CCNC(=O)[C@H]1O[C@@H](n2cnc3c(N[C@@H]4CCC[C@H]4Oc4ccccc4)ncnc32)[C@H](O)[C@@H]1O. The molecule has 34 heavy (non-hydrogen) atoms. The summed E-state index contributed by atoms with van der Waals surface area (Å²) in [5.41, 5.74) is 0.920. The Morgan fingerprint density at radius 1 is 1.18 bits per heavy atom. The monoisotopic (exact) mass is 468 g/mol. The number of imidazole rings is 1. The molecule has 0 spiro atoms. The molecule has 0 radical (unpaired) electrons. The Bertz CT molecular complexity index is 1140. The van der Waals surface area contributed by atoms with Crippen LogP contribution >= 0.6 is 0 Å². The summed E-state index contributed by atoms with van der Waals surface area (Å²) in [5.74, 6) is 0.889. The van der Waals surface area contributed by atoms with Crippen LogP contribution in [0, 0.1) is 0 Å². The van der Waals surface area contributed by atoms with E-state index in [-0.39, 0.29) is 12.1 Å². The van der Waals surface area contributed by atoms with Crippen LogP contribution in [0.2, 0.25) is 0 Å². The molecule has 11 nitrogen and oxygen atoms in total. The molecule has 3 aromatic rings. The second-order valence-electron chi connectivity index (χ2n) is 8.52. The van der Waals surface area contributed by atoms with Crippen LogP contribution in [-0.2, 0) is 9.53 Å². The molecule has 6 atom stereocenters. The summed E-state index contributed by atoms with van der Waals surface area (Å²) in [6, 6.07) is 9.76. The number of para-hydroxylation sites is 1. The zero-order chi connectivity index (χ0) is 23.7. The Hall–Kier alpha value is -3.28. The third-order valence-corrected chi connectivity index (χ3v) is 6.29. The molecular formula is C23H28N6O5. The second-order valence-corrected chi connectivity index (χ2v) is 8.52. The second kappa shape index (κ2) is 9.53. The molecule has 11 heteroatoms. The molecule has 2 aromatic heterocycles. The van der Waals surface area contributed by atoms with Gasteiger partial charge in [-0.2, -0.15) is 0 Å². The van der Waals surface area contributed by atoms with Gasteiger partial charge in [0.2, 0.25) is 0 Å². The number of carbonyl (C=O) groups excluding carboxylic acids is 1. The van der Waals surface area contributed by atoms with Gasteiger partial charge in [0.15, 0.2) is 29.3 Å². The summed E-state index contributed by atoms with van der Waals surface area (Å²) >= 11 is 0. The zero-order valence-electron chi connectivity index (χ0n) is 18.7. The van der Waals surface area contributed by atoms with E-state index in [4.69, 9.17) is 9.47 Å². The number of nitrogens with zero attached hydrogens (tertiary/aromatic N) is 4. The fraction of sp³-hybridized carbons (Fsp3) is 0.478. The molecule has 1 amide bonds. The molecule has 180 valence electrons. The summed E-state index contributed by atoms with van der Waals surface area (Å²) in [4.78, 5) is 25.4. The minimum absolute atomic E-state index is 0.0116. The first-order valence-corrected chi connectivity index (χ1v) is 11.5. The molecule has 1 aliphatic heterocycles. The van der Waals surface area contributed by atoms with Crippen molar-refractivity contribution in [3.8, 4) is 5.75 Å². The number of hydrogen-bond acceptors (Lipinski definition) is 9. The summed E-state index contributed by atoms with van der Waals surface area (Å²) in [6.07, 6.45) is 0.841. The molecule has 1 saturated carbocycles. The molecule has 1 aromatic carbocycles. The van der Waals surface area contributed by atoms with Crippen LogP contribution in [0.15, 0.2) is 43.0 Å². The smallest absolute Gasteiger partial charge is 0.252 e. The van der Waals surface area contributed by atoms with E-state index in [0.29, 0.717) is 23.5 Å². The molecule has 4 N–H and O–H groups in total. The Labute approximate surface area is 196 Å². The lowest BCUT2D eigenvalue weighted by atomic mass is 10.1. The van der Waals surface area contributed by atoms with Gasteiger partial charge < -0.3 is 30.3 Å². The number of aliphatic hydroxyl groups is 2. The number of aliphatic hydroxyl groups excluding tert-OH is 2. The van der Waals surface area contributed by atoms with Crippen molar-refractivity contribution in [3.05, 3.63) is 43.0 Å². The van der Waals surface area contributed by atoms with Gasteiger partial charge >= 0.3 is 0 Å². The van der Waals surface area contributed by atoms with Crippen molar-refractivity contribution in [3.63, 3.8) is 0 Å². The molecule has 2 aliphatic rings. The van der Waals surface area contributed by atoms with Crippen LogP contribution < -0.4 is 15.4 Å². The van der Waals surface area contributed by atoms with Crippen molar-refractivity contribution in [2.45, 2.75) is 62.9 Å². The van der Waals surface area contributed by atoms with E-state index in [1.165, 1.54) is 17.2 Å². The Morgan fingerprint density at radius 2 is 2.00 bits per heavy atom. The average molecular weight is 469 g/mol. The summed E-state index contributed by atoms with van der Waals surface area (Å²) in [5, 5.41) is 27.0. The van der Waals surface area contributed by atoms with Gasteiger partial charge in [0.05, 0.1) is 12.4 Å². The maximum absolute atomic E-state index is 12.2. The number of anilines is 1. The highest BCUT2D eigenvalue weighted by Gasteiger charge is 2.47. The standard InChI is InChI=1S/C23H28N6O5/c1-2-24-22(32)19-17(30)18(31)23(34-19)29-12-27-16-20(25-11-26-21(16)29)28-14-9-6-10-15(14)33-13-7-4-3-5-8-13/h3-5,7-8,11-12,14-15,17-19,23,30-31H,2,6,9-10H2,1H3,(H,24,32)(H,25,26,28)/t14-,15-,17+,18-,19+,23-/m1/s1. The van der Waals surface area contributed by atoms with E-state index >= 15 is 0 Å². The summed E-state index contributed by atoms with van der Waals surface area (Å²) < 4.78 is 13.4. The topological polar surface area (TPSA) is 144 Å². The Balaban J connectivity index is 1.36. The zero-order valence-corrected chi connectivity index (χ0v) is 18.7.